The maximum absolute atomic E-state index is 13.0. The van der Waals surface area contributed by atoms with E-state index in [4.69, 9.17) is 9.05 Å². The highest BCUT2D eigenvalue weighted by molar-refractivity contribution is 7.47. The molecule has 0 spiro atoms. The number of aliphatic hydroxyl groups is 1. The molecule has 432 valence electrons. The second kappa shape index (κ2) is 55.5. The summed E-state index contributed by atoms with van der Waals surface area (Å²) in [5, 5.41) is 14.0. The molecule has 3 atom stereocenters. The molecule has 0 heterocycles. The van der Waals surface area contributed by atoms with Crippen LogP contribution in [0.3, 0.4) is 0 Å². The van der Waals surface area contributed by atoms with E-state index in [1.807, 2.05) is 27.2 Å². The monoisotopic (exact) mass is 1050 g/mol. The summed E-state index contributed by atoms with van der Waals surface area (Å²) in [6.07, 6.45) is 72.6. The van der Waals surface area contributed by atoms with Crippen molar-refractivity contribution in [1.29, 1.82) is 0 Å². The van der Waals surface area contributed by atoms with Gasteiger partial charge >= 0.3 is 7.82 Å². The number of nitrogens with zero attached hydrogens (tertiary/aromatic N) is 1. The van der Waals surface area contributed by atoms with E-state index in [2.05, 4.69) is 43.5 Å². The molecule has 9 heteroatoms. The molecular weight excluding hydrogens is 924 g/mol. The highest BCUT2D eigenvalue weighted by Gasteiger charge is 2.28. The molecule has 0 aliphatic heterocycles. The fourth-order valence-corrected chi connectivity index (χ4v) is 10.3. The number of carbonyl (C=O) groups excluding carboxylic acids is 1. The van der Waals surface area contributed by atoms with E-state index in [-0.39, 0.29) is 19.1 Å². The van der Waals surface area contributed by atoms with Gasteiger partial charge in [-0.05, 0) is 51.4 Å². The highest BCUT2D eigenvalue weighted by Crippen LogP contribution is 2.43. The lowest BCUT2D eigenvalue weighted by Gasteiger charge is -2.25. The summed E-state index contributed by atoms with van der Waals surface area (Å²) in [6, 6.07) is -0.849. The van der Waals surface area contributed by atoms with Crippen molar-refractivity contribution >= 4 is 13.7 Å². The smallest absolute Gasteiger partial charge is 0.387 e. The van der Waals surface area contributed by atoms with Crippen molar-refractivity contribution in [3.05, 3.63) is 36.5 Å². The molecule has 0 saturated heterocycles. The summed E-state index contributed by atoms with van der Waals surface area (Å²) in [5.74, 6) is -0.175. The van der Waals surface area contributed by atoms with Crippen LogP contribution in [0.4, 0.5) is 0 Å². The van der Waals surface area contributed by atoms with Crippen LogP contribution >= 0.6 is 7.82 Å². The Morgan fingerprint density at radius 2 is 0.781 bits per heavy atom. The second-order valence-electron chi connectivity index (χ2n) is 23.1. The zero-order valence-corrected chi connectivity index (χ0v) is 50.3. The highest BCUT2D eigenvalue weighted by atomic mass is 31.2. The van der Waals surface area contributed by atoms with E-state index < -0.39 is 20.0 Å². The molecule has 1 amide bonds. The zero-order chi connectivity index (χ0) is 53.5. The van der Waals surface area contributed by atoms with Crippen molar-refractivity contribution < 1.29 is 32.9 Å². The number of likely N-dealkylation sites (N-methyl/N-ethyl adjacent to an activating group) is 1. The van der Waals surface area contributed by atoms with Gasteiger partial charge in [-0.25, -0.2) is 4.57 Å². The number of amides is 1. The predicted octanol–water partition coefficient (Wildman–Crippen LogP) is 19.7. The van der Waals surface area contributed by atoms with Gasteiger partial charge in [0.1, 0.15) is 13.2 Å². The van der Waals surface area contributed by atoms with Gasteiger partial charge in [0.15, 0.2) is 0 Å². The Hall–Kier alpha value is -1.28. The topological polar surface area (TPSA) is 105 Å². The quantitative estimate of drug-likeness (QED) is 0.0243. The molecule has 0 aromatic carbocycles. The van der Waals surface area contributed by atoms with Gasteiger partial charge in [0.2, 0.25) is 5.91 Å². The van der Waals surface area contributed by atoms with Crippen LogP contribution in [-0.4, -0.2) is 73.4 Å². The summed E-state index contributed by atoms with van der Waals surface area (Å²) in [4.78, 5) is 23.4. The number of unbranched alkanes of at least 4 members (excludes halogenated alkanes) is 42. The Labute approximate surface area is 455 Å². The van der Waals surface area contributed by atoms with E-state index in [9.17, 15) is 19.4 Å². The number of rotatable bonds is 59. The lowest BCUT2D eigenvalue weighted by Crippen LogP contribution is -2.45. The predicted molar refractivity (Wildman–Crippen MR) is 318 cm³/mol. The van der Waals surface area contributed by atoms with Crippen LogP contribution in [0.25, 0.3) is 0 Å². The summed E-state index contributed by atoms with van der Waals surface area (Å²) in [5.41, 5.74) is 0. The van der Waals surface area contributed by atoms with Gasteiger partial charge in [-0.3, -0.25) is 13.8 Å². The standard InChI is InChI=1S/C64H125N2O6P/c1-6-8-10-12-14-16-18-20-22-24-26-28-30-31-32-33-34-36-37-39-41-43-45-47-49-51-53-55-57-63(67)62(61-72-73(69,70)71-60-59-66(3,4)5)65-64(68)58-56-54-52-50-48-46-44-42-40-38-35-29-27-25-23-21-19-17-15-13-11-9-7-2/h19,21,25,27,55,57,62-63,67H,6-18,20,22-24,26,28-54,56,58-61H2,1-5H3,(H-,65,68,69,70)/p+1/b21-19-,27-25-,57-55+. The van der Waals surface area contributed by atoms with Crippen LogP contribution in [0.1, 0.15) is 316 Å². The summed E-state index contributed by atoms with van der Waals surface area (Å²) in [7, 11) is 1.58. The van der Waals surface area contributed by atoms with E-state index >= 15 is 0 Å². The maximum Gasteiger partial charge on any atom is 0.472 e. The molecule has 3 unspecified atom stereocenters. The Kier molecular flexibility index (Phi) is 54.5. The average molecular weight is 1050 g/mol. The van der Waals surface area contributed by atoms with Crippen LogP contribution in [0.5, 0.6) is 0 Å². The summed E-state index contributed by atoms with van der Waals surface area (Å²) in [6.45, 7) is 4.85. The lowest BCUT2D eigenvalue weighted by molar-refractivity contribution is -0.870. The van der Waals surface area contributed by atoms with Crippen molar-refractivity contribution in [2.45, 2.75) is 328 Å². The number of carbonyl (C=O) groups is 1. The number of nitrogens with one attached hydrogen (secondary N) is 1. The molecule has 0 aromatic rings. The lowest BCUT2D eigenvalue weighted by atomic mass is 10.0. The first kappa shape index (κ1) is 71.7. The molecule has 0 rings (SSSR count). The van der Waals surface area contributed by atoms with Crippen molar-refractivity contribution in [2.24, 2.45) is 0 Å². The van der Waals surface area contributed by atoms with Gasteiger partial charge in [0.25, 0.3) is 0 Å². The minimum absolute atomic E-state index is 0.0619. The van der Waals surface area contributed by atoms with E-state index in [0.717, 1.165) is 44.9 Å². The second-order valence-corrected chi connectivity index (χ2v) is 24.6. The Balaban J connectivity index is 4.13. The third kappa shape index (κ3) is 58.2. The first-order chi connectivity index (χ1) is 35.5. The largest absolute Gasteiger partial charge is 0.472 e. The van der Waals surface area contributed by atoms with Gasteiger partial charge in [-0.1, -0.05) is 294 Å². The van der Waals surface area contributed by atoms with Gasteiger partial charge in [0.05, 0.1) is 39.9 Å². The van der Waals surface area contributed by atoms with E-state index in [1.54, 1.807) is 6.08 Å². The summed E-state index contributed by atoms with van der Waals surface area (Å²) < 4.78 is 23.8. The van der Waals surface area contributed by atoms with Gasteiger partial charge < -0.3 is 19.8 Å². The molecule has 0 saturated carbocycles. The fourth-order valence-electron chi connectivity index (χ4n) is 9.61. The first-order valence-corrected chi connectivity index (χ1v) is 33.4. The number of phosphoric ester groups is 1. The number of hydrogen-bond donors (Lipinski definition) is 3. The molecule has 0 bridgehead atoms. The van der Waals surface area contributed by atoms with Gasteiger partial charge in [0, 0.05) is 6.42 Å². The van der Waals surface area contributed by atoms with Crippen LogP contribution in [0.15, 0.2) is 36.5 Å². The van der Waals surface area contributed by atoms with Gasteiger partial charge in [-0.2, -0.15) is 0 Å². The minimum atomic E-state index is -4.35. The molecule has 0 fully saturated rings. The minimum Gasteiger partial charge on any atom is -0.387 e. The molecule has 0 aliphatic carbocycles. The summed E-state index contributed by atoms with van der Waals surface area (Å²) >= 11 is 0. The molecule has 0 aliphatic rings. The third-order valence-corrected chi connectivity index (χ3v) is 15.6. The number of aliphatic hydroxyl groups excluding tert-OH is 1. The Morgan fingerprint density at radius 1 is 0.466 bits per heavy atom. The van der Waals surface area contributed by atoms with Crippen LogP contribution in [0.2, 0.25) is 0 Å². The Morgan fingerprint density at radius 3 is 1.12 bits per heavy atom. The molecular formula is C64H126N2O6P+. The Bertz CT molecular complexity index is 1280. The van der Waals surface area contributed by atoms with Crippen LogP contribution in [-0.2, 0) is 18.4 Å². The molecule has 3 N–H and O–H groups in total. The van der Waals surface area contributed by atoms with Crippen molar-refractivity contribution in [1.82, 2.24) is 5.32 Å². The number of allylic oxidation sites excluding steroid dienone is 5. The number of phosphoric acid groups is 1. The van der Waals surface area contributed by atoms with Crippen molar-refractivity contribution in [2.75, 3.05) is 40.9 Å². The van der Waals surface area contributed by atoms with Crippen LogP contribution < -0.4 is 5.32 Å². The van der Waals surface area contributed by atoms with Crippen molar-refractivity contribution in [3.63, 3.8) is 0 Å². The van der Waals surface area contributed by atoms with E-state index in [1.165, 1.54) is 250 Å². The first-order valence-electron chi connectivity index (χ1n) is 31.9. The fraction of sp³-hybridized carbons (Fsp3) is 0.891. The number of hydrogen-bond acceptors (Lipinski definition) is 5. The molecule has 0 radical (unpaired) electrons. The molecule has 73 heavy (non-hydrogen) atoms. The molecule has 0 aromatic heterocycles. The van der Waals surface area contributed by atoms with Gasteiger partial charge in [-0.15, -0.1) is 0 Å². The maximum atomic E-state index is 13.0. The van der Waals surface area contributed by atoms with E-state index in [0.29, 0.717) is 17.4 Å². The normalized spacial score (nSPS) is 14.0. The zero-order valence-electron chi connectivity index (χ0n) is 49.4. The average Bonchev–Trinajstić information content (AvgIpc) is 3.35. The SMILES string of the molecule is CCCCCCC/C=C\C/C=C\CCCCCCCCCCCCCC(=O)NC(COP(=O)(O)OCC[N+](C)(C)C)C(O)/C=C/CCCCCCCCCCCCCCCCCCCCCCCCCCCC. The molecule has 8 nitrogen and oxygen atoms in total. The van der Waals surface area contributed by atoms with Crippen molar-refractivity contribution in [3.8, 4) is 0 Å². The number of quaternary nitrogens is 1. The third-order valence-electron chi connectivity index (χ3n) is 14.6. The van der Waals surface area contributed by atoms with Crippen LogP contribution in [0, 0.1) is 0 Å².